The molecular formula is C17H20N4O3. The van der Waals surface area contributed by atoms with Crippen molar-refractivity contribution in [3.8, 4) is 22.8 Å². The Kier molecular flexibility index (Phi) is 4.44. The summed E-state index contributed by atoms with van der Waals surface area (Å²) >= 11 is 0. The average molecular weight is 328 g/mol. The van der Waals surface area contributed by atoms with Crippen molar-refractivity contribution in [2.24, 2.45) is 0 Å². The van der Waals surface area contributed by atoms with Gasteiger partial charge >= 0.3 is 0 Å². The van der Waals surface area contributed by atoms with Gasteiger partial charge in [-0.3, -0.25) is 4.90 Å². The number of hydrogen-bond donors (Lipinski definition) is 1. The maximum atomic E-state index is 5.43. The monoisotopic (exact) mass is 328 g/mol. The van der Waals surface area contributed by atoms with Crippen molar-refractivity contribution in [1.29, 1.82) is 0 Å². The highest BCUT2D eigenvalue weighted by Crippen LogP contribution is 2.35. The van der Waals surface area contributed by atoms with Gasteiger partial charge in [-0.25, -0.2) is 9.97 Å². The molecular weight excluding hydrogens is 308 g/mol. The molecule has 1 saturated heterocycles. The minimum absolute atomic E-state index is 0.275. The van der Waals surface area contributed by atoms with Crippen molar-refractivity contribution in [2.75, 3.05) is 51.5 Å². The number of anilines is 1. The SMILES string of the molecule is c1cc(-c2ccc3c(c2)OCO3)nc(NCCN2CCOCC2)n1. The summed E-state index contributed by atoms with van der Waals surface area (Å²) < 4.78 is 16.1. The fourth-order valence-corrected chi connectivity index (χ4v) is 2.81. The van der Waals surface area contributed by atoms with Gasteiger partial charge in [0, 0.05) is 37.9 Å². The molecule has 0 spiro atoms. The number of ether oxygens (including phenoxy) is 3. The highest BCUT2D eigenvalue weighted by molar-refractivity contribution is 5.65. The molecule has 1 aromatic carbocycles. The van der Waals surface area contributed by atoms with Crippen molar-refractivity contribution in [2.45, 2.75) is 0 Å². The van der Waals surface area contributed by atoms with Crippen LogP contribution in [0.1, 0.15) is 0 Å². The number of aromatic nitrogens is 2. The van der Waals surface area contributed by atoms with E-state index in [0.29, 0.717) is 5.95 Å². The van der Waals surface area contributed by atoms with Crippen molar-refractivity contribution >= 4 is 5.95 Å². The standard InChI is InChI=1S/C17H20N4O3/c1-2-15-16(24-12-23-15)11-13(1)14-3-4-18-17(20-14)19-5-6-21-7-9-22-10-8-21/h1-4,11H,5-10,12H2,(H,18,19,20). The number of nitrogens with one attached hydrogen (secondary N) is 1. The summed E-state index contributed by atoms with van der Waals surface area (Å²) in [6, 6.07) is 7.73. The molecule has 0 aliphatic carbocycles. The zero-order valence-corrected chi connectivity index (χ0v) is 13.4. The van der Waals surface area contributed by atoms with Crippen LogP contribution in [-0.4, -0.2) is 61.1 Å². The molecule has 1 fully saturated rings. The summed E-state index contributed by atoms with van der Waals surface area (Å²) in [6.07, 6.45) is 1.77. The molecule has 0 atom stereocenters. The molecule has 0 radical (unpaired) electrons. The van der Waals surface area contributed by atoms with Crippen LogP contribution in [0.25, 0.3) is 11.3 Å². The van der Waals surface area contributed by atoms with E-state index in [2.05, 4.69) is 20.2 Å². The lowest BCUT2D eigenvalue weighted by atomic mass is 10.1. The summed E-state index contributed by atoms with van der Waals surface area (Å²) in [5, 5.41) is 3.29. The van der Waals surface area contributed by atoms with Crippen LogP contribution in [0.5, 0.6) is 11.5 Å². The lowest BCUT2D eigenvalue weighted by Gasteiger charge is -2.26. The molecule has 2 aromatic rings. The summed E-state index contributed by atoms with van der Waals surface area (Å²) in [4.78, 5) is 11.3. The maximum absolute atomic E-state index is 5.43. The lowest BCUT2D eigenvalue weighted by Crippen LogP contribution is -2.39. The molecule has 24 heavy (non-hydrogen) atoms. The van der Waals surface area contributed by atoms with Gasteiger partial charge in [-0.05, 0) is 24.3 Å². The maximum Gasteiger partial charge on any atom is 0.231 e. The van der Waals surface area contributed by atoms with Crippen LogP contribution in [0.15, 0.2) is 30.5 Å². The Bertz CT molecular complexity index is 704. The van der Waals surface area contributed by atoms with E-state index in [0.717, 1.165) is 62.1 Å². The molecule has 0 amide bonds. The van der Waals surface area contributed by atoms with E-state index in [1.165, 1.54) is 0 Å². The van der Waals surface area contributed by atoms with Gasteiger partial charge < -0.3 is 19.5 Å². The first-order chi connectivity index (χ1) is 11.9. The zero-order chi connectivity index (χ0) is 16.2. The molecule has 126 valence electrons. The minimum Gasteiger partial charge on any atom is -0.454 e. The van der Waals surface area contributed by atoms with E-state index < -0.39 is 0 Å². The number of nitrogens with zero attached hydrogens (tertiary/aromatic N) is 3. The molecule has 3 heterocycles. The minimum atomic E-state index is 0.275. The highest BCUT2D eigenvalue weighted by atomic mass is 16.7. The van der Waals surface area contributed by atoms with Gasteiger partial charge in [-0.15, -0.1) is 0 Å². The molecule has 7 nitrogen and oxygen atoms in total. The van der Waals surface area contributed by atoms with Crippen molar-refractivity contribution < 1.29 is 14.2 Å². The van der Waals surface area contributed by atoms with Gasteiger partial charge in [-0.1, -0.05) is 0 Å². The lowest BCUT2D eigenvalue weighted by molar-refractivity contribution is 0.0398. The Morgan fingerprint density at radius 1 is 1.08 bits per heavy atom. The second-order valence-corrected chi connectivity index (χ2v) is 5.71. The van der Waals surface area contributed by atoms with E-state index in [1.807, 2.05) is 24.3 Å². The van der Waals surface area contributed by atoms with E-state index >= 15 is 0 Å². The normalized spacial score (nSPS) is 17.0. The van der Waals surface area contributed by atoms with E-state index in [-0.39, 0.29) is 6.79 Å². The van der Waals surface area contributed by atoms with Crippen LogP contribution >= 0.6 is 0 Å². The van der Waals surface area contributed by atoms with Gasteiger partial charge in [0.25, 0.3) is 0 Å². The highest BCUT2D eigenvalue weighted by Gasteiger charge is 2.14. The van der Waals surface area contributed by atoms with E-state index in [1.54, 1.807) is 6.20 Å². The van der Waals surface area contributed by atoms with Gasteiger partial charge in [0.15, 0.2) is 11.5 Å². The second-order valence-electron chi connectivity index (χ2n) is 5.71. The Balaban J connectivity index is 1.40. The van der Waals surface area contributed by atoms with Crippen LogP contribution in [-0.2, 0) is 4.74 Å². The third-order valence-electron chi connectivity index (χ3n) is 4.14. The van der Waals surface area contributed by atoms with Crippen LogP contribution < -0.4 is 14.8 Å². The first kappa shape index (κ1) is 15.2. The van der Waals surface area contributed by atoms with Crippen LogP contribution in [0.3, 0.4) is 0 Å². The second kappa shape index (κ2) is 7.02. The summed E-state index contributed by atoms with van der Waals surface area (Å²) in [7, 11) is 0. The predicted molar refractivity (Wildman–Crippen MR) is 89.3 cm³/mol. The Morgan fingerprint density at radius 3 is 2.88 bits per heavy atom. The van der Waals surface area contributed by atoms with Gasteiger partial charge in [0.1, 0.15) is 0 Å². The first-order valence-corrected chi connectivity index (χ1v) is 8.15. The number of morpholine rings is 1. The largest absolute Gasteiger partial charge is 0.454 e. The molecule has 0 bridgehead atoms. The predicted octanol–water partition coefficient (Wildman–Crippen LogP) is 1.62. The summed E-state index contributed by atoms with van der Waals surface area (Å²) in [6.45, 7) is 5.65. The first-order valence-electron chi connectivity index (χ1n) is 8.15. The van der Waals surface area contributed by atoms with E-state index in [4.69, 9.17) is 14.2 Å². The smallest absolute Gasteiger partial charge is 0.231 e. The molecule has 1 N–H and O–H groups in total. The van der Waals surface area contributed by atoms with Crippen molar-refractivity contribution in [1.82, 2.24) is 14.9 Å². The quantitative estimate of drug-likeness (QED) is 0.894. The molecule has 1 aromatic heterocycles. The topological polar surface area (TPSA) is 68.7 Å². The Hall–Kier alpha value is -2.38. The van der Waals surface area contributed by atoms with Gasteiger partial charge in [-0.2, -0.15) is 0 Å². The molecule has 7 heteroatoms. The summed E-state index contributed by atoms with van der Waals surface area (Å²) in [5.41, 5.74) is 1.84. The molecule has 0 unspecified atom stereocenters. The van der Waals surface area contributed by atoms with Crippen LogP contribution in [0.2, 0.25) is 0 Å². The van der Waals surface area contributed by atoms with Crippen LogP contribution in [0, 0.1) is 0 Å². The van der Waals surface area contributed by atoms with Crippen LogP contribution in [0.4, 0.5) is 5.95 Å². The Morgan fingerprint density at radius 2 is 1.96 bits per heavy atom. The van der Waals surface area contributed by atoms with Crippen molar-refractivity contribution in [3.05, 3.63) is 30.5 Å². The van der Waals surface area contributed by atoms with Crippen molar-refractivity contribution in [3.63, 3.8) is 0 Å². The molecule has 4 rings (SSSR count). The third-order valence-corrected chi connectivity index (χ3v) is 4.14. The van der Waals surface area contributed by atoms with Gasteiger partial charge in [0.2, 0.25) is 12.7 Å². The Labute approximate surface area is 140 Å². The fourth-order valence-electron chi connectivity index (χ4n) is 2.81. The van der Waals surface area contributed by atoms with Gasteiger partial charge in [0.05, 0.1) is 18.9 Å². The number of rotatable bonds is 5. The molecule has 2 aliphatic heterocycles. The molecule has 2 aliphatic rings. The van der Waals surface area contributed by atoms with E-state index in [9.17, 15) is 0 Å². The fraction of sp³-hybridized carbons (Fsp3) is 0.412. The number of fused-ring (bicyclic) bond motifs is 1. The zero-order valence-electron chi connectivity index (χ0n) is 13.4. The average Bonchev–Trinajstić information content (AvgIpc) is 3.11. The third kappa shape index (κ3) is 3.42. The summed E-state index contributed by atoms with van der Waals surface area (Å²) in [5.74, 6) is 2.17. The molecule has 0 saturated carbocycles. The number of hydrogen-bond acceptors (Lipinski definition) is 7. The number of benzene rings is 1.